The lowest BCUT2D eigenvalue weighted by atomic mass is 10.1. The normalized spacial score (nSPS) is 23.0. The first-order valence-corrected chi connectivity index (χ1v) is 8.20. The van der Waals surface area contributed by atoms with Crippen LogP contribution >= 0.6 is 11.6 Å². The highest BCUT2D eigenvalue weighted by Crippen LogP contribution is 2.18. The van der Waals surface area contributed by atoms with Crippen LogP contribution in [0.3, 0.4) is 0 Å². The van der Waals surface area contributed by atoms with Crippen LogP contribution in [0.15, 0.2) is 18.2 Å². The molecule has 22 heavy (non-hydrogen) atoms. The summed E-state index contributed by atoms with van der Waals surface area (Å²) in [7, 11) is 0. The summed E-state index contributed by atoms with van der Waals surface area (Å²) in [4.78, 5) is 15.4. The predicted octanol–water partition coefficient (Wildman–Crippen LogP) is 0.885. The van der Waals surface area contributed by atoms with Crippen molar-refractivity contribution in [3.8, 4) is 0 Å². The molecular weight excluding hydrogens is 307 g/mol. The number of piperazine rings is 1. The molecule has 0 aromatic heterocycles. The fraction of sp³-hybridized carbons (Fsp3) is 0.562. The van der Waals surface area contributed by atoms with E-state index in [0.29, 0.717) is 36.8 Å². The van der Waals surface area contributed by atoms with Gasteiger partial charge in [-0.1, -0.05) is 17.7 Å². The molecule has 1 N–H and O–H groups in total. The van der Waals surface area contributed by atoms with E-state index in [1.807, 2.05) is 4.90 Å². The number of hydrogen-bond acceptors (Lipinski definition) is 2. The summed E-state index contributed by atoms with van der Waals surface area (Å²) in [5.41, 5.74) is 0.568. The van der Waals surface area contributed by atoms with Crippen molar-refractivity contribution in [3.05, 3.63) is 34.6 Å². The fourth-order valence-corrected chi connectivity index (χ4v) is 3.38. The first kappa shape index (κ1) is 15.7. The van der Waals surface area contributed by atoms with Crippen LogP contribution < -0.4 is 4.90 Å². The summed E-state index contributed by atoms with van der Waals surface area (Å²) in [6.45, 7) is 4.26. The van der Waals surface area contributed by atoms with E-state index in [9.17, 15) is 9.18 Å². The number of nitrogens with zero attached hydrogens (tertiary/aromatic N) is 1. The van der Waals surface area contributed by atoms with Gasteiger partial charge in [-0.3, -0.25) is 4.79 Å². The quantitative estimate of drug-likeness (QED) is 0.894. The molecule has 0 saturated carbocycles. The van der Waals surface area contributed by atoms with Crippen LogP contribution in [0, 0.1) is 5.82 Å². The fourth-order valence-electron chi connectivity index (χ4n) is 3.15. The van der Waals surface area contributed by atoms with Crippen LogP contribution in [-0.2, 0) is 16.1 Å². The second kappa shape index (κ2) is 6.94. The zero-order valence-electron chi connectivity index (χ0n) is 12.5. The van der Waals surface area contributed by atoms with Crippen molar-refractivity contribution >= 4 is 17.5 Å². The van der Waals surface area contributed by atoms with Gasteiger partial charge in [-0.15, -0.1) is 0 Å². The van der Waals surface area contributed by atoms with Crippen LogP contribution in [0.2, 0.25) is 5.02 Å². The molecule has 2 saturated heterocycles. The number of amides is 1. The standard InChI is InChI=1S/C16H20ClFN2O2/c17-13-3-1-4-14(18)12(13)11-19-6-8-20(9-7-19)16(21)15-5-2-10-22-15/h1,3-4,15H,2,5-11H2/p+1/t15-/m0/s1. The molecule has 2 aliphatic heterocycles. The van der Waals surface area contributed by atoms with Crippen molar-refractivity contribution in [3.63, 3.8) is 0 Å². The Kier molecular flexibility index (Phi) is 4.96. The minimum atomic E-state index is -0.252. The number of carbonyl (C=O) groups excluding carboxylic acids is 1. The smallest absolute Gasteiger partial charge is 0.252 e. The Bertz CT molecular complexity index is 521. The van der Waals surface area contributed by atoms with Crippen LogP contribution in [0.5, 0.6) is 0 Å². The molecule has 1 amide bonds. The van der Waals surface area contributed by atoms with Crippen molar-refractivity contribution < 1.29 is 18.8 Å². The van der Waals surface area contributed by atoms with Gasteiger partial charge >= 0.3 is 0 Å². The predicted molar refractivity (Wildman–Crippen MR) is 81.4 cm³/mol. The van der Waals surface area contributed by atoms with E-state index in [2.05, 4.69) is 0 Å². The van der Waals surface area contributed by atoms with Gasteiger partial charge in [-0.2, -0.15) is 0 Å². The summed E-state index contributed by atoms with van der Waals surface area (Å²) in [6.07, 6.45) is 1.55. The third-order valence-corrected chi connectivity index (χ3v) is 4.83. The van der Waals surface area contributed by atoms with Gasteiger partial charge < -0.3 is 14.5 Å². The average molecular weight is 328 g/mol. The van der Waals surface area contributed by atoms with Crippen molar-refractivity contribution in [2.24, 2.45) is 0 Å². The average Bonchev–Trinajstić information content (AvgIpc) is 3.05. The molecular formula is C16H21ClFN2O2+. The Hall–Kier alpha value is -1.17. The lowest BCUT2D eigenvalue weighted by Crippen LogP contribution is -3.13. The van der Waals surface area contributed by atoms with Gasteiger partial charge in [0.2, 0.25) is 0 Å². The molecule has 6 heteroatoms. The van der Waals surface area contributed by atoms with Gasteiger partial charge in [0.1, 0.15) is 18.5 Å². The SMILES string of the molecule is O=C([C@@H]1CCCO1)N1CC[NH+](Cc2c(F)cccc2Cl)CC1. The van der Waals surface area contributed by atoms with E-state index >= 15 is 0 Å². The Morgan fingerprint density at radius 2 is 2.18 bits per heavy atom. The van der Waals surface area contributed by atoms with E-state index in [0.717, 1.165) is 25.9 Å². The summed E-state index contributed by atoms with van der Waals surface area (Å²) in [5, 5.41) is 0.477. The molecule has 0 spiro atoms. The van der Waals surface area contributed by atoms with E-state index < -0.39 is 0 Å². The lowest BCUT2D eigenvalue weighted by molar-refractivity contribution is -0.917. The number of quaternary nitrogens is 1. The van der Waals surface area contributed by atoms with Gasteiger partial charge in [0.15, 0.2) is 0 Å². The molecule has 2 fully saturated rings. The Morgan fingerprint density at radius 1 is 1.41 bits per heavy atom. The van der Waals surface area contributed by atoms with E-state index in [1.165, 1.54) is 11.0 Å². The lowest BCUT2D eigenvalue weighted by Gasteiger charge is -2.33. The molecule has 1 aromatic carbocycles. The van der Waals surface area contributed by atoms with Crippen molar-refractivity contribution in [1.82, 2.24) is 4.90 Å². The largest absolute Gasteiger partial charge is 0.368 e. The van der Waals surface area contributed by atoms with Crippen LogP contribution in [0.25, 0.3) is 0 Å². The third kappa shape index (κ3) is 3.42. The minimum Gasteiger partial charge on any atom is -0.368 e. The monoisotopic (exact) mass is 327 g/mol. The highest BCUT2D eigenvalue weighted by Gasteiger charge is 2.31. The van der Waals surface area contributed by atoms with Gasteiger partial charge in [0.25, 0.3) is 5.91 Å². The first-order valence-electron chi connectivity index (χ1n) is 7.82. The van der Waals surface area contributed by atoms with Crippen LogP contribution in [0.4, 0.5) is 4.39 Å². The zero-order valence-corrected chi connectivity index (χ0v) is 13.2. The van der Waals surface area contributed by atoms with E-state index in [-0.39, 0.29) is 17.8 Å². The topological polar surface area (TPSA) is 34.0 Å². The third-order valence-electron chi connectivity index (χ3n) is 4.48. The Balaban J connectivity index is 1.54. The molecule has 0 radical (unpaired) electrons. The Labute approximate surface area is 134 Å². The van der Waals surface area contributed by atoms with Crippen LogP contribution in [0.1, 0.15) is 18.4 Å². The maximum atomic E-state index is 13.8. The number of ether oxygens (including phenoxy) is 1. The number of rotatable bonds is 3. The zero-order chi connectivity index (χ0) is 15.5. The van der Waals surface area contributed by atoms with Gasteiger partial charge in [-0.05, 0) is 25.0 Å². The number of hydrogen-bond donors (Lipinski definition) is 1. The first-order chi connectivity index (χ1) is 10.6. The molecule has 4 nitrogen and oxygen atoms in total. The number of halogens is 2. The number of carbonyl (C=O) groups is 1. The molecule has 2 heterocycles. The van der Waals surface area contributed by atoms with Crippen LogP contribution in [-0.4, -0.2) is 49.7 Å². The molecule has 1 atom stereocenters. The van der Waals surface area contributed by atoms with Crippen molar-refractivity contribution in [1.29, 1.82) is 0 Å². The number of benzene rings is 1. The molecule has 0 unspecified atom stereocenters. The van der Waals surface area contributed by atoms with Gasteiger partial charge in [0, 0.05) is 6.61 Å². The van der Waals surface area contributed by atoms with Gasteiger partial charge in [-0.25, -0.2) is 4.39 Å². The maximum absolute atomic E-state index is 13.8. The molecule has 2 aliphatic rings. The molecule has 0 aliphatic carbocycles. The molecule has 0 bridgehead atoms. The second-order valence-electron chi connectivity index (χ2n) is 5.95. The summed E-state index contributed by atoms with van der Waals surface area (Å²) < 4.78 is 19.3. The highest BCUT2D eigenvalue weighted by molar-refractivity contribution is 6.31. The highest BCUT2D eigenvalue weighted by atomic mass is 35.5. The second-order valence-corrected chi connectivity index (χ2v) is 6.36. The summed E-state index contributed by atoms with van der Waals surface area (Å²) >= 11 is 6.08. The summed E-state index contributed by atoms with van der Waals surface area (Å²) in [5.74, 6) is -0.140. The van der Waals surface area contributed by atoms with E-state index in [1.54, 1.807) is 12.1 Å². The minimum absolute atomic E-state index is 0.112. The van der Waals surface area contributed by atoms with Crippen molar-refractivity contribution in [2.75, 3.05) is 32.8 Å². The number of nitrogens with one attached hydrogen (secondary N) is 1. The molecule has 1 aromatic rings. The maximum Gasteiger partial charge on any atom is 0.252 e. The van der Waals surface area contributed by atoms with Gasteiger partial charge in [0.05, 0.1) is 36.8 Å². The summed E-state index contributed by atoms with van der Waals surface area (Å²) in [6, 6.07) is 4.78. The molecule has 3 rings (SSSR count). The molecule has 120 valence electrons. The Morgan fingerprint density at radius 3 is 2.82 bits per heavy atom. The van der Waals surface area contributed by atoms with Crippen molar-refractivity contribution in [2.45, 2.75) is 25.5 Å². The van der Waals surface area contributed by atoms with E-state index in [4.69, 9.17) is 16.3 Å².